The van der Waals surface area contributed by atoms with Gasteiger partial charge in [-0.15, -0.1) is 0 Å². The Kier molecular flexibility index (Phi) is 5.66. The maximum atomic E-state index is 3.78. The van der Waals surface area contributed by atoms with Gasteiger partial charge in [0.25, 0.3) is 0 Å². The van der Waals surface area contributed by atoms with Gasteiger partial charge >= 0.3 is 0 Å². The van der Waals surface area contributed by atoms with Crippen LogP contribution in [-0.4, -0.2) is 12.6 Å². The topological polar surface area (TPSA) is 12.0 Å². The molecule has 0 bridgehead atoms. The van der Waals surface area contributed by atoms with Crippen molar-refractivity contribution in [3.63, 3.8) is 0 Å². The largest absolute Gasteiger partial charge is 0.313 e. The summed E-state index contributed by atoms with van der Waals surface area (Å²) in [5, 5.41) is 3.78. The van der Waals surface area contributed by atoms with Gasteiger partial charge in [-0.05, 0) is 37.1 Å². The van der Waals surface area contributed by atoms with Gasteiger partial charge in [-0.1, -0.05) is 47.0 Å². The van der Waals surface area contributed by atoms with Crippen molar-refractivity contribution in [1.82, 2.24) is 5.32 Å². The predicted molar refractivity (Wildman–Crippen MR) is 68.0 cm³/mol. The zero-order chi connectivity index (χ0) is 11.3. The fourth-order valence-electron chi connectivity index (χ4n) is 3.24. The molecule has 90 valence electrons. The van der Waals surface area contributed by atoms with E-state index in [9.17, 15) is 0 Å². The summed E-state index contributed by atoms with van der Waals surface area (Å²) in [4.78, 5) is 0. The Labute approximate surface area is 96.0 Å². The first-order chi connectivity index (χ1) is 7.20. The number of hydrogen-bond acceptors (Lipinski definition) is 1. The molecule has 3 atom stereocenters. The van der Waals surface area contributed by atoms with Crippen LogP contribution in [0, 0.1) is 17.8 Å². The lowest BCUT2D eigenvalue weighted by molar-refractivity contribution is 0.228. The standard InChI is InChI=1S/C14H29N/c1-5-10-15-14(11(3)4)13-9-7-8-12(13)6-2/h11-15H,5-10H2,1-4H3. The summed E-state index contributed by atoms with van der Waals surface area (Å²) in [7, 11) is 0. The van der Waals surface area contributed by atoms with Crippen molar-refractivity contribution < 1.29 is 0 Å². The Morgan fingerprint density at radius 2 is 1.93 bits per heavy atom. The molecule has 0 aromatic rings. The lowest BCUT2D eigenvalue weighted by Gasteiger charge is -2.32. The zero-order valence-electron chi connectivity index (χ0n) is 11.1. The molecule has 1 aliphatic rings. The van der Waals surface area contributed by atoms with Crippen LogP contribution >= 0.6 is 0 Å². The summed E-state index contributed by atoms with van der Waals surface area (Å²) in [6, 6.07) is 0.761. The summed E-state index contributed by atoms with van der Waals surface area (Å²) in [5.74, 6) is 2.72. The lowest BCUT2D eigenvalue weighted by atomic mass is 9.82. The van der Waals surface area contributed by atoms with Crippen LogP contribution in [0.2, 0.25) is 0 Å². The Bertz CT molecular complexity index is 165. The third kappa shape index (κ3) is 3.48. The van der Waals surface area contributed by atoms with Crippen LogP contribution in [0.1, 0.15) is 59.8 Å². The van der Waals surface area contributed by atoms with E-state index in [0.29, 0.717) is 0 Å². The first-order valence-electron chi connectivity index (χ1n) is 6.94. The van der Waals surface area contributed by atoms with Gasteiger partial charge in [0.15, 0.2) is 0 Å². The minimum atomic E-state index is 0.761. The average molecular weight is 211 g/mol. The summed E-state index contributed by atoms with van der Waals surface area (Å²) in [6.45, 7) is 10.6. The predicted octanol–water partition coefficient (Wildman–Crippen LogP) is 3.84. The molecular weight excluding hydrogens is 182 g/mol. The van der Waals surface area contributed by atoms with Crippen molar-refractivity contribution in [3.8, 4) is 0 Å². The molecule has 0 amide bonds. The number of hydrogen-bond donors (Lipinski definition) is 1. The maximum Gasteiger partial charge on any atom is 0.0121 e. The van der Waals surface area contributed by atoms with Crippen molar-refractivity contribution in [2.24, 2.45) is 17.8 Å². The second-order valence-electron chi connectivity index (χ2n) is 5.49. The van der Waals surface area contributed by atoms with E-state index in [1.54, 1.807) is 0 Å². The smallest absolute Gasteiger partial charge is 0.0121 e. The molecule has 0 aromatic heterocycles. The minimum Gasteiger partial charge on any atom is -0.313 e. The van der Waals surface area contributed by atoms with Crippen molar-refractivity contribution in [1.29, 1.82) is 0 Å². The third-order valence-electron chi connectivity index (χ3n) is 4.05. The summed E-state index contributed by atoms with van der Waals surface area (Å²) >= 11 is 0. The van der Waals surface area contributed by atoms with Crippen LogP contribution < -0.4 is 5.32 Å². The van der Waals surface area contributed by atoms with Crippen LogP contribution in [0.15, 0.2) is 0 Å². The van der Waals surface area contributed by atoms with Crippen molar-refractivity contribution in [2.45, 2.75) is 65.8 Å². The van der Waals surface area contributed by atoms with Gasteiger partial charge in [-0.2, -0.15) is 0 Å². The highest BCUT2D eigenvalue weighted by atomic mass is 14.9. The summed E-state index contributed by atoms with van der Waals surface area (Å²) in [6.07, 6.45) is 7.02. The maximum absolute atomic E-state index is 3.78. The molecule has 1 aliphatic carbocycles. The zero-order valence-corrected chi connectivity index (χ0v) is 11.1. The first-order valence-corrected chi connectivity index (χ1v) is 6.94. The van der Waals surface area contributed by atoms with E-state index in [0.717, 1.165) is 23.8 Å². The fourth-order valence-corrected chi connectivity index (χ4v) is 3.24. The van der Waals surface area contributed by atoms with Gasteiger partial charge in [0.05, 0.1) is 0 Å². The molecule has 3 unspecified atom stereocenters. The molecule has 1 nitrogen and oxygen atoms in total. The van der Waals surface area contributed by atoms with Crippen molar-refractivity contribution in [2.75, 3.05) is 6.54 Å². The monoisotopic (exact) mass is 211 g/mol. The number of rotatable bonds is 6. The quantitative estimate of drug-likeness (QED) is 0.704. The summed E-state index contributed by atoms with van der Waals surface area (Å²) in [5.41, 5.74) is 0. The molecule has 1 saturated carbocycles. The van der Waals surface area contributed by atoms with E-state index < -0.39 is 0 Å². The Morgan fingerprint density at radius 1 is 1.20 bits per heavy atom. The molecule has 0 spiro atoms. The van der Waals surface area contributed by atoms with Gasteiger partial charge < -0.3 is 5.32 Å². The molecule has 0 heterocycles. The normalized spacial score (nSPS) is 28.6. The van der Waals surface area contributed by atoms with Crippen LogP contribution in [0.5, 0.6) is 0 Å². The van der Waals surface area contributed by atoms with Gasteiger partial charge in [-0.25, -0.2) is 0 Å². The molecule has 0 radical (unpaired) electrons. The van der Waals surface area contributed by atoms with Crippen molar-refractivity contribution in [3.05, 3.63) is 0 Å². The minimum absolute atomic E-state index is 0.761. The SMILES string of the molecule is CCCNC(C(C)C)C1CCCC1CC. The van der Waals surface area contributed by atoms with Gasteiger partial charge in [0.2, 0.25) is 0 Å². The Balaban J connectivity index is 2.53. The molecule has 0 aromatic carbocycles. The molecule has 0 saturated heterocycles. The Hall–Kier alpha value is -0.0400. The van der Waals surface area contributed by atoms with Gasteiger partial charge in [-0.3, -0.25) is 0 Å². The third-order valence-corrected chi connectivity index (χ3v) is 4.05. The van der Waals surface area contributed by atoms with Gasteiger partial charge in [0, 0.05) is 6.04 Å². The van der Waals surface area contributed by atoms with E-state index >= 15 is 0 Å². The molecule has 1 rings (SSSR count). The lowest BCUT2D eigenvalue weighted by Crippen LogP contribution is -2.42. The average Bonchev–Trinajstić information content (AvgIpc) is 2.66. The highest BCUT2D eigenvalue weighted by Gasteiger charge is 2.33. The second-order valence-corrected chi connectivity index (χ2v) is 5.49. The summed E-state index contributed by atoms with van der Waals surface area (Å²) < 4.78 is 0. The Morgan fingerprint density at radius 3 is 2.47 bits per heavy atom. The van der Waals surface area contributed by atoms with Crippen LogP contribution in [0.25, 0.3) is 0 Å². The molecule has 1 N–H and O–H groups in total. The van der Waals surface area contributed by atoms with Crippen molar-refractivity contribution >= 4 is 0 Å². The van der Waals surface area contributed by atoms with E-state index in [2.05, 4.69) is 33.0 Å². The van der Waals surface area contributed by atoms with Crippen LogP contribution in [0.4, 0.5) is 0 Å². The van der Waals surface area contributed by atoms with Gasteiger partial charge in [0.1, 0.15) is 0 Å². The van der Waals surface area contributed by atoms with Crippen LogP contribution in [0.3, 0.4) is 0 Å². The number of nitrogens with one attached hydrogen (secondary N) is 1. The fraction of sp³-hybridized carbons (Fsp3) is 1.00. The van der Waals surface area contributed by atoms with E-state index in [-0.39, 0.29) is 0 Å². The molecular formula is C14H29N. The van der Waals surface area contributed by atoms with Crippen LogP contribution in [-0.2, 0) is 0 Å². The molecule has 1 fully saturated rings. The molecule has 15 heavy (non-hydrogen) atoms. The first kappa shape index (κ1) is 13.0. The molecule has 0 aliphatic heterocycles. The van der Waals surface area contributed by atoms with E-state index in [1.807, 2.05) is 0 Å². The highest BCUT2D eigenvalue weighted by Crippen LogP contribution is 2.38. The second kappa shape index (κ2) is 6.52. The highest BCUT2D eigenvalue weighted by molar-refractivity contribution is 4.87. The molecule has 1 heteroatoms. The van der Waals surface area contributed by atoms with E-state index in [1.165, 1.54) is 38.6 Å². The van der Waals surface area contributed by atoms with E-state index in [4.69, 9.17) is 0 Å².